The Hall–Kier alpha value is -2.63. The third kappa shape index (κ3) is 4.76. The first kappa shape index (κ1) is 19.1. The summed E-state index contributed by atoms with van der Waals surface area (Å²) in [5.41, 5.74) is 2.50. The lowest BCUT2D eigenvalue weighted by Crippen LogP contribution is -2.46. The zero-order chi connectivity index (χ0) is 19.4. The number of aryl methyl sites for hydroxylation is 1. The number of hydrogen-bond donors (Lipinski definition) is 1. The van der Waals surface area contributed by atoms with Crippen LogP contribution in [0.3, 0.4) is 0 Å². The molecule has 0 spiro atoms. The minimum absolute atomic E-state index is 0.0747. The molecule has 0 saturated carbocycles. The molecule has 0 radical (unpaired) electrons. The fourth-order valence-corrected chi connectivity index (χ4v) is 3.47. The molecule has 6 heteroatoms. The Kier molecular flexibility index (Phi) is 5.94. The SMILES string of the molecule is Cc1ccc(-n2ccnc2)c(C(=O)NC2CCN(C(=O)CC(C)C)CC2)c1. The van der Waals surface area contributed by atoms with Gasteiger partial charge in [0.05, 0.1) is 17.6 Å². The smallest absolute Gasteiger partial charge is 0.253 e. The molecule has 2 heterocycles. The van der Waals surface area contributed by atoms with E-state index in [9.17, 15) is 9.59 Å². The minimum atomic E-state index is -0.0747. The summed E-state index contributed by atoms with van der Waals surface area (Å²) in [6.07, 6.45) is 7.41. The van der Waals surface area contributed by atoms with E-state index in [1.165, 1.54) is 0 Å². The van der Waals surface area contributed by atoms with Crippen molar-refractivity contribution in [3.8, 4) is 5.69 Å². The maximum absolute atomic E-state index is 12.9. The molecule has 2 amide bonds. The van der Waals surface area contributed by atoms with Gasteiger partial charge in [-0.15, -0.1) is 0 Å². The molecule has 0 bridgehead atoms. The van der Waals surface area contributed by atoms with Gasteiger partial charge < -0.3 is 14.8 Å². The third-order valence-corrected chi connectivity index (χ3v) is 4.95. The molecule has 144 valence electrons. The Morgan fingerprint density at radius 1 is 1.26 bits per heavy atom. The molecule has 2 aromatic rings. The van der Waals surface area contributed by atoms with Crippen LogP contribution in [0.4, 0.5) is 0 Å². The summed E-state index contributed by atoms with van der Waals surface area (Å²) < 4.78 is 1.85. The van der Waals surface area contributed by atoms with Gasteiger partial charge in [-0.05, 0) is 37.8 Å². The predicted octanol–water partition coefficient (Wildman–Crippen LogP) is 2.95. The van der Waals surface area contributed by atoms with Gasteiger partial charge in [0.1, 0.15) is 0 Å². The van der Waals surface area contributed by atoms with E-state index >= 15 is 0 Å². The van der Waals surface area contributed by atoms with Crippen LogP contribution in [-0.2, 0) is 4.79 Å². The van der Waals surface area contributed by atoms with Gasteiger partial charge in [-0.1, -0.05) is 25.5 Å². The van der Waals surface area contributed by atoms with Crippen LogP contribution in [-0.4, -0.2) is 45.4 Å². The summed E-state index contributed by atoms with van der Waals surface area (Å²) in [5, 5.41) is 3.15. The van der Waals surface area contributed by atoms with Crippen molar-refractivity contribution in [1.82, 2.24) is 19.8 Å². The van der Waals surface area contributed by atoms with Crippen LogP contribution in [0.5, 0.6) is 0 Å². The molecule has 1 aromatic carbocycles. The Balaban J connectivity index is 1.64. The van der Waals surface area contributed by atoms with E-state index < -0.39 is 0 Å². The molecule has 27 heavy (non-hydrogen) atoms. The zero-order valence-electron chi connectivity index (χ0n) is 16.3. The van der Waals surface area contributed by atoms with Gasteiger partial charge in [0, 0.05) is 37.9 Å². The van der Waals surface area contributed by atoms with E-state index in [1.807, 2.05) is 40.8 Å². The van der Waals surface area contributed by atoms with Crippen molar-refractivity contribution in [2.24, 2.45) is 5.92 Å². The molecular formula is C21H28N4O2. The summed E-state index contributed by atoms with van der Waals surface area (Å²) in [6.45, 7) is 7.51. The second kappa shape index (κ2) is 8.37. The van der Waals surface area contributed by atoms with Crippen LogP contribution >= 0.6 is 0 Å². The van der Waals surface area contributed by atoms with Crippen molar-refractivity contribution in [2.45, 2.75) is 46.1 Å². The Morgan fingerprint density at radius 2 is 2.00 bits per heavy atom. The van der Waals surface area contributed by atoms with Crippen molar-refractivity contribution in [1.29, 1.82) is 0 Å². The number of likely N-dealkylation sites (tertiary alicyclic amines) is 1. The Labute approximate surface area is 160 Å². The highest BCUT2D eigenvalue weighted by atomic mass is 16.2. The summed E-state index contributed by atoms with van der Waals surface area (Å²) in [7, 11) is 0. The molecule has 0 atom stereocenters. The number of nitrogens with one attached hydrogen (secondary N) is 1. The molecule has 0 unspecified atom stereocenters. The highest BCUT2D eigenvalue weighted by Crippen LogP contribution is 2.19. The molecule has 1 aromatic heterocycles. The first-order valence-electron chi connectivity index (χ1n) is 9.61. The topological polar surface area (TPSA) is 67.2 Å². The number of nitrogens with zero attached hydrogens (tertiary/aromatic N) is 3. The quantitative estimate of drug-likeness (QED) is 0.882. The number of imidazole rings is 1. The normalized spacial score (nSPS) is 15.2. The number of rotatable bonds is 5. The maximum atomic E-state index is 12.9. The maximum Gasteiger partial charge on any atom is 0.253 e. The minimum Gasteiger partial charge on any atom is -0.349 e. The zero-order valence-corrected chi connectivity index (χ0v) is 16.3. The fourth-order valence-electron chi connectivity index (χ4n) is 3.47. The van der Waals surface area contributed by atoms with E-state index in [2.05, 4.69) is 24.1 Å². The van der Waals surface area contributed by atoms with Crippen LogP contribution in [0, 0.1) is 12.8 Å². The number of aromatic nitrogens is 2. The van der Waals surface area contributed by atoms with Gasteiger partial charge >= 0.3 is 0 Å². The summed E-state index contributed by atoms with van der Waals surface area (Å²) in [4.78, 5) is 31.1. The fraction of sp³-hybridized carbons (Fsp3) is 0.476. The number of hydrogen-bond acceptors (Lipinski definition) is 3. The van der Waals surface area contributed by atoms with Gasteiger partial charge in [-0.25, -0.2) is 4.98 Å². The van der Waals surface area contributed by atoms with Crippen molar-refractivity contribution in [3.05, 3.63) is 48.0 Å². The number of piperidine rings is 1. The van der Waals surface area contributed by atoms with E-state index in [1.54, 1.807) is 12.5 Å². The monoisotopic (exact) mass is 368 g/mol. The lowest BCUT2D eigenvalue weighted by molar-refractivity contribution is -0.133. The number of carbonyl (C=O) groups excluding carboxylic acids is 2. The number of benzene rings is 1. The average molecular weight is 368 g/mol. The van der Waals surface area contributed by atoms with Crippen LogP contribution in [0.15, 0.2) is 36.9 Å². The summed E-state index contributed by atoms with van der Waals surface area (Å²) >= 11 is 0. The molecule has 0 aliphatic carbocycles. The average Bonchev–Trinajstić information content (AvgIpc) is 3.16. The van der Waals surface area contributed by atoms with Crippen molar-refractivity contribution >= 4 is 11.8 Å². The van der Waals surface area contributed by atoms with Crippen LogP contribution in [0.2, 0.25) is 0 Å². The highest BCUT2D eigenvalue weighted by Gasteiger charge is 2.25. The van der Waals surface area contributed by atoms with E-state index in [0.717, 1.165) is 24.1 Å². The van der Waals surface area contributed by atoms with Crippen LogP contribution in [0.25, 0.3) is 5.69 Å². The Bertz CT molecular complexity index is 791. The van der Waals surface area contributed by atoms with E-state index in [4.69, 9.17) is 0 Å². The van der Waals surface area contributed by atoms with Gasteiger partial charge in [0.2, 0.25) is 5.91 Å². The molecule has 1 N–H and O–H groups in total. The lowest BCUT2D eigenvalue weighted by Gasteiger charge is -2.33. The molecular weight excluding hydrogens is 340 g/mol. The van der Waals surface area contributed by atoms with Gasteiger partial charge in [0.15, 0.2) is 0 Å². The first-order valence-corrected chi connectivity index (χ1v) is 9.61. The van der Waals surface area contributed by atoms with Crippen LogP contribution in [0.1, 0.15) is 49.0 Å². The molecule has 1 aliphatic heterocycles. The van der Waals surface area contributed by atoms with E-state index in [-0.39, 0.29) is 17.9 Å². The van der Waals surface area contributed by atoms with Crippen molar-refractivity contribution in [3.63, 3.8) is 0 Å². The highest BCUT2D eigenvalue weighted by molar-refractivity contribution is 5.98. The second-order valence-electron chi connectivity index (χ2n) is 7.72. The Morgan fingerprint density at radius 3 is 2.63 bits per heavy atom. The van der Waals surface area contributed by atoms with Crippen LogP contribution < -0.4 is 5.32 Å². The van der Waals surface area contributed by atoms with Gasteiger partial charge in [-0.2, -0.15) is 0 Å². The van der Waals surface area contributed by atoms with Crippen molar-refractivity contribution in [2.75, 3.05) is 13.1 Å². The largest absolute Gasteiger partial charge is 0.349 e. The third-order valence-electron chi connectivity index (χ3n) is 4.95. The van der Waals surface area contributed by atoms with Gasteiger partial charge in [0.25, 0.3) is 5.91 Å². The standard InChI is InChI=1S/C21H28N4O2/c1-15(2)12-20(26)24-9-6-17(7-10-24)23-21(27)18-13-16(3)4-5-19(18)25-11-8-22-14-25/h4-5,8,11,13-15,17H,6-7,9-10,12H2,1-3H3,(H,23,27). The number of carbonyl (C=O) groups is 2. The second-order valence-corrected chi connectivity index (χ2v) is 7.72. The van der Waals surface area contributed by atoms with Gasteiger partial charge in [-0.3, -0.25) is 9.59 Å². The summed E-state index contributed by atoms with van der Waals surface area (Å²) in [5.74, 6) is 0.517. The predicted molar refractivity (Wildman–Crippen MR) is 105 cm³/mol. The number of amides is 2. The molecule has 6 nitrogen and oxygen atoms in total. The van der Waals surface area contributed by atoms with E-state index in [0.29, 0.717) is 31.0 Å². The lowest BCUT2D eigenvalue weighted by atomic mass is 10.0. The first-order chi connectivity index (χ1) is 12.9. The molecule has 1 fully saturated rings. The van der Waals surface area contributed by atoms with Crippen molar-refractivity contribution < 1.29 is 9.59 Å². The molecule has 3 rings (SSSR count). The molecule has 1 saturated heterocycles. The molecule has 1 aliphatic rings. The summed E-state index contributed by atoms with van der Waals surface area (Å²) in [6, 6.07) is 5.94.